The van der Waals surface area contributed by atoms with E-state index in [4.69, 9.17) is 0 Å². The Bertz CT molecular complexity index is 896. The van der Waals surface area contributed by atoms with Crippen molar-refractivity contribution in [2.45, 2.75) is 45.8 Å². The van der Waals surface area contributed by atoms with E-state index in [0.29, 0.717) is 6.42 Å². The number of hydrogen-bond donors (Lipinski definition) is 0. The first-order valence-corrected chi connectivity index (χ1v) is 10.2. The van der Waals surface area contributed by atoms with Crippen molar-refractivity contribution in [3.8, 4) is 0 Å². The molecule has 3 aromatic carbocycles. The second-order valence-electron chi connectivity index (χ2n) is 7.03. The van der Waals surface area contributed by atoms with Gasteiger partial charge in [-0.1, -0.05) is 74.5 Å². The molecule has 1 atom stereocenters. The van der Waals surface area contributed by atoms with Gasteiger partial charge in [-0.3, -0.25) is 4.90 Å². The summed E-state index contributed by atoms with van der Waals surface area (Å²) in [7, 11) is 2.07. The number of aryl methyl sites for hydroxylation is 1. The third-order valence-electron chi connectivity index (χ3n) is 5.17. The van der Waals surface area contributed by atoms with Gasteiger partial charge in [-0.15, -0.1) is 0 Å². The van der Waals surface area contributed by atoms with Crippen LogP contribution in [-0.2, 0) is 12.6 Å². The lowest BCUT2D eigenvalue weighted by Crippen LogP contribution is -2.24. The van der Waals surface area contributed by atoms with E-state index in [0.717, 1.165) is 24.6 Å². The predicted molar refractivity (Wildman–Crippen MR) is 116 cm³/mol. The molecule has 0 radical (unpaired) electrons. The minimum absolute atomic E-state index is 0.234. The summed E-state index contributed by atoms with van der Waals surface area (Å²) in [6.07, 6.45) is -2.83. The van der Waals surface area contributed by atoms with E-state index >= 15 is 0 Å². The molecule has 0 saturated heterocycles. The molecule has 4 heteroatoms. The molecule has 3 rings (SSSR count). The van der Waals surface area contributed by atoms with Crippen LogP contribution in [0.3, 0.4) is 0 Å². The summed E-state index contributed by atoms with van der Waals surface area (Å²) in [4.78, 5) is 2.26. The highest BCUT2D eigenvalue weighted by molar-refractivity contribution is 5.86. The molecule has 1 nitrogen and oxygen atoms in total. The number of alkyl halides is 3. The van der Waals surface area contributed by atoms with E-state index in [1.165, 1.54) is 28.5 Å². The molecule has 0 bridgehead atoms. The van der Waals surface area contributed by atoms with Crippen LogP contribution in [0, 0.1) is 0 Å². The average Bonchev–Trinajstić information content (AvgIpc) is 2.74. The quantitative estimate of drug-likeness (QED) is 0.413. The Balaban J connectivity index is 0.00000145. The summed E-state index contributed by atoms with van der Waals surface area (Å²) in [5.41, 5.74) is 1.43. The lowest BCUT2D eigenvalue weighted by molar-refractivity contribution is -0.137. The molecule has 29 heavy (non-hydrogen) atoms. The summed E-state index contributed by atoms with van der Waals surface area (Å²) in [6.45, 7) is 6.99. The van der Waals surface area contributed by atoms with Crippen LogP contribution in [0.4, 0.5) is 13.2 Å². The molecule has 0 unspecified atom stereocenters. The summed E-state index contributed by atoms with van der Waals surface area (Å²) in [6, 6.07) is 20.5. The largest absolute Gasteiger partial charge is 0.416 e. The van der Waals surface area contributed by atoms with Crippen LogP contribution in [0.25, 0.3) is 10.8 Å². The van der Waals surface area contributed by atoms with Crippen LogP contribution in [0.15, 0.2) is 66.7 Å². The zero-order valence-corrected chi connectivity index (χ0v) is 17.6. The molecule has 0 aliphatic carbocycles. The van der Waals surface area contributed by atoms with Gasteiger partial charge in [-0.2, -0.15) is 13.2 Å². The smallest absolute Gasteiger partial charge is 0.300 e. The van der Waals surface area contributed by atoms with E-state index in [9.17, 15) is 13.2 Å². The van der Waals surface area contributed by atoms with Crippen molar-refractivity contribution < 1.29 is 13.2 Å². The third-order valence-corrected chi connectivity index (χ3v) is 5.17. The molecule has 0 saturated carbocycles. The standard InChI is InChI=1S/C23H24F3N.C2H6/c1-17(21-14-6-11-19-10-3-4-13-22(19)21)27(2)15-7-9-18-8-5-12-20(16-18)23(24,25)26;1-2/h3-6,8,10-14,16-17H,7,9,15H2,1-2H3;1-2H3/t17-;/m1./s1. The molecule has 0 amide bonds. The lowest BCUT2D eigenvalue weighted by atomic mass is 9.98. The van der Waals surface area contributed by atoms with E-state index in [1.807, 2.05) is 26.0 Å². The van der Waals surface area contributed by atoms with Crippen molar-refractivity contribution in [3.63, 3.8) is 0 Å². The molecule has 0 N–H and O–H groups in total. The predicted octanol–water partition coefficient (Wildman–Crippen LogP) is 7.51. The van der Waals surface area contributed by atoms with Gasteiger partial charge in [-0.05, 0) is 61.3 Å². The van der Waals surface area contributed by atoms with Crippen LogP contribution in [0.5, 0.6) is 0 Å². The molecule has 0 heterocycles. The number of fused-ring (bicyclic) bond motifs is 1. The lowest BCUT2D eigenvalue weighted by Gasteiger charge is -2.26. The van der Waals surface area contributed by atoms with Gasteiger partial charge >= 0.3 is 6.18 Å². The molecule has 0 aliphatic heterocycles. The van der Waals surface area contributed by atoms with Crippen molar-refractivity contribution >= 4 is 10.8 Å². The van der Waals surface area contributed by atoms with Crippen LogP contribution < -0.4 is 0 Å². The fourth-order valence-corrected chi connectivity index (χ4v) is 3.48. The fraction of sp³-hybridized carbons (Fsp3) is 0.360. The Morgan fingerprint density at radius 3 is 2.28 bits per heavy atom. The fourth-order valence-electron chi connectivity index (χ4n) is 3.48. The highest BCUT2D eigenvalue weighted by Crippen LogP contribution is 2.30. The average molecular weight is 402 g/mol. The van der Waals surface area contributed by atoms with Crippen LogP contribution in [0.1, 0.15) is 49.9 Å². The summed E-state index contributed by atoms with van der Waals surface area (Å²) in [5, 5.41) is 2.47. The number of rotatable bonds is 6. The Hall–Kier alpha value is -2.33. The number of nitrogens with zero attached hydrogens (tertiary/aromatic N) is 1. The van der Waals surface area contributed by atoms with Gasteiger partial charge in [0.05, 0.1) is 5.56 Å². The van der Waals surface area contributed by atoms with Gasteiger partial charge in [0.1, 0.15) is 0 Å². The second kappa shape index (κ2) is 10.4. The van der Waals surface area contributed by atoms with Gasteiger partial charge in [0, 0.05) is 6.04 Å². The maximum atomic E-state index is 12.8. The first-order valence-electron chi connectivity index (χ1n) is 10.2. The Labute approximate surface area is 172 Å². The molecule has 0 fully saturated rings. The zero-order chi connectivity index (χ0) is 21.4. The highest BCUT2D eigenvalue weighted by atomic mass is 19.4. The summed E-state index contributed by atoms with van der Waals surface area (Å²) >= 11 is 0. The van der Waals surface area contributed by atoms with Crippen molar-refractivity contribution in [1.82, 2.24) is 4.90 Å². The molecule has 0 aromatic heterocycles. The van der Waals surface area contributed by atoms with Crippen LogP contribution in [0.2, 0.25) is 0 Å². The minimum Gasteiger partial charge on any atom is -0.300 e. The van der Waals surface area contributed by atoms with Crippen LogP contribution in [-0.4, -0.2) is 18.5 Å². The van der Waals surface area contributed by atoms with Gasteiger partial charge in [-0.25, -0.2) is 0 Å². The van der Waals surface area contributed by atoms with Crippen molar-refractivity contribution in [1.29, 1.82) is 0 Å². The van der Waals surface area contributed by atoms with Crippen LogP contribution >= 0.6 is 0 Å². The zero-order valence-electron chi connectivity index (χ0n) is 17.6. The van der Waals surface area contributed by atoms with Crippen molar-refractivity contribution in [2.24, 2.45) is 0 Å². The monoisotopic (exact) mass is 401 g/mol. The second-order valence-corrected chi connectivity index (χ2v) is 7.03. The maximum absolute atomic E-state index is 12.8. The van der Waals surface area contributed by atoms with Crippen molar-refractivity contribution in [3.05, 3.63) is 83.4 Å². The van der Waals surface area contributed by atoms with E-state index < -0.39 is 11.7 Å². The van der Waals surface area contributed by atoms with Gasteiger partial charge < -0.3 is 0 Å². The molecule has 0 spiro atoms. The third kappa shape index (κ3) is 6.07. The molecular formula is C25H30F3N. The van der Waals surface area contributed by atoms with E-state index in [-0.39, 0.29) is 6.04 Å². The number of hydrogen-bond acceptors (Lipinski definition) is 1. The molecule has 3 aromatic rings. The first-order chi connectivity index (χ1) is 13.9. The van der Waals surface area contributed by atoms with Gasteiger partial charge in [0.2, 0.25) is 0 Å². The van der Waals surface area contributed by atoms with Gasteiger partial charge in [0.25, 0.3) is 0 Å². The summed E-state index contributed by atoms with van der Waals surface area (Å²) < 4.78 is 38.5. The SMILES string of the molecule is CC.C[C@H](c1cccc2ccccc12)N(C)CCCc1cccc(C(F)(F)F)c1. The molecular weight excluding hydrogens is 371 g/mol. The number of halogens is 3. The Morgan fingerprint density at radius 1 is 0.897 bits per heavy atom. The summed E-state index contributed by atoms with van der Waals surface area (Å²) in [5.74, 6) is 0. The minimum atomic E-state index is -4.28. The molecule has 156 valence electrons. The number of benzene rings is 3. The van der Waals surface area contributed by atoms with E-state index in [2.05, 4.69) is 49.2 Å². The topological polar surface area (TPSA) is 3.24 Å². The maximum Gasteiger partial charge on any atom is 0.416 e. The normalized spacial score (nSPS) is 12.6. The van der Waals surface area contributed by atoms with Crippen molar-refractivity contribution in [2.75, 3.05) is 13.6 Å². The Morgan fingerprint density at radius 2 is 1.55 bits per heavy atom. The molecule has 0 aliphatic rings. The van der Waals surface area contributed by atoms with Gasteiger partial charge in [0.15, 0.2) is 0 Å². The first kappa shape index (κ1) is 23.0. The highest BCUT2D eigenvalue weighted by Gasteiger charge is 2.30. The van der Waals surface area contributed by atoms with E-state index in [1.54, 1.807) is 6.07 Å². The Kier molecular flexibility index (Phi) is 8.27.